The zero-order valence-corrected chi connectivity index (χ0v) is 12.6. The van der Waals surface area contributed by atoms with Gasteiger partial charge in [0, 0.05) is 11.1 Å². The molecule has 0 heterocycles. The molecular formula is C15H16ClN3O3. The Kier molecular flexibility index (Phi) is 3.78. The van der Waals surface area contributed by atoms with E-state index in [0.29, 0.717) is 17.9 Å². The number of hydrogen-bond donors (Lipinski definition) is 3. The van der Waals surface area contributed by atoms with Crippen molar-refractivity contribution in [2.75, 3.05) is 0 Å². The van der Waals surface area contributed by atoms with E-state index in [1.807, 2.05) is 6.07 Å². The summed E-state index contributed by atoms with van der Waals surface area (Å²) in [7, 11) is 0. The highest BCUT2D eigenvalue weighted by atomic mass is 35.5. The molecule has 3 N–H and O–H groups in total. The van der Waals surface area contributed by atoms with Gasteiger partial charge < -0.3 is 5.32 Å². The number of hydrogen-bond acceptors (Lipinski definition) is 3. The van der Waals surface area contributed by atoms with Crippen molar-refractivity contribution in [2.24, 2.45) is 0 Å². The van der Waals surface area contributed by atoms with Gasteiger partial charge in [-0.25, -0.2) is 0 Å². The Balaban J connectivity index is 1.57. The third-order valence-electron chi connectivity index (χ3n) is 3.97. The summed E-state index contributed by atoms with van der Waals surface area (Å²) in [6.45, 7) is 0. The van der Waals surface area contributed by atoms with Gasteiger partial charge in [-0.1, -0.05) is 23.7 Å². The molecule has 0 atom stereocenters. The normalized spacial score (nSPS) is 18.2. The largest absolute Gasteiger partial charge is 0.345 e. The maximum absolute atomic E-state index is 12.3. The van der Waals surface area contributed by atoms with Gasteiger partial charge in [0.15, 0.2) is 0 Å². The van der Waals surface area contributed by atoms with Crippen LogP contribution in [0.5, 0.6) is 0 Å². The highest BCUT2D eigenvalue weighted by Gasteiger charge is 2.51. The molecule has 1 aromatic carbocycles. The first kappa shape index (κ1) is 14.8. The zero-order chi connectivity index (χ0) is 15.7. The molecule has 2 aliphatic rings. The van der Waals surface area contributed by atoms with Crippen LogP contribution >= 0.6 is 11.6 Å². The molecule has 7 heteroatoms. The Bertz CT molecular complexity index is 639. The fraction of sp³-hybridized carbons (Fsp3) is 0.400. The topological polar surface area (TPSA) is 87.3 Å². The first-order valence-corrected chi connectivity index (χ1v) is 7.56. The maximum Gasteiger partial charge on any atom is 0.327 e. The van der Waals surface area contributed by atoms with E-state index in [0.717, 1.165) is 18.4 Å². The zero-order valence-electron chi connectivity index (χ0n) is 11.8. The molecule has 116 valence electrons. The molecule has 6 nitrogen and oxygen atoms in total. The van der Waals surface area contributed by atoms with E-state index >= 15 is 0 Å². The van der Waals surface area contributed by atoms with Gasteiger partial charge in [-0.3, -0.25) is 25.2 Å². The summed E-state index contributed by atoms with van der Waals surface area (Å²) in [5, 5.41) is 3.11. The average Bonchev–Trinajstić information content (AvgIpc) is 3.37. The van der Waals surface area contributed by atoms with Gasteiger partial charge >= 0.3 is 11.8 Å². The molecule has 0 saturated heterocycles. The second-order valence-corrected chi connectivity index (χ2v) is 6.18. The van der Waals surface area contributed by atoms with Crippen molar-refractivity contribution in [1.29, 1.82) is 0 Å². The highest BCUT2D eigenvalue weighted by molar-refractivity contribution is 6.35. The number of rotatable bonds is 3. The van der Waals surface area contributed by atoms with Gasteiger partial charge in [-0.15, -0.1) is 0 Å². The Hall–Kier alpha value is -2.08. The summed E-state index contributed by atoms with van der Waals surface area (Å²) in [4.78, 5) is 35.4. The van der Waals surface area contributed by atoms with Crippen molar-refractivity contribution < 1.29 is 14.4 Å². The molecule has 0 radical (unpaired) electrons. The number of halogens is 1. The van der Waals surface area contributed by atoms with E-state index in [-0.39, 0.29) is 11.9 Å². The molecule has 0 bridgehead atoms. The lowest BCUT2D eigenvalue weighted by Gasteiger charge is -2.16. The molecule has 2 aliphatic carbocycles. The number of benzene rings is 1. The minimum atomic E-state index is -0.859. The standard InChI is InChI=1S/C15H16ClN3O3/c16-10-3-1-2-9(8-10)15(6-7-15)14(22)19-18-13(21)12(20)17-11-4-5-11/h1-3,8,11H,4-7H2,(H,17,20)(H,18,21)(H,19,22). The first-order chi connectivity index (χ1) is 10.5. The van der Waals surface area contributed by atoms with Crippen LogP contribution < -0.4 is 16.2 Å². The molecule has 2 saturated carbocycles. The number of carbonyl (C=O) groups excluding carboxylic acids is 3. The van der Waals surface area contributed by atoms with Gasteiger partial charge in [0.05, 0.1) is 5.41 Å². The monoisotopic (exact) mass is 321 g/mol. The van der Waals surface area contributed by atoms with Crippen LogP contribution in [-0.2, 0) is 19.8 Å². The molecule has 3 rings (SSSR count). The lowest BCUT2D eigenvalue weighted by atomic mass is 9.95. The number of hydrazine groups is 1. The number of carbonyl (C=O) groups is 3. The minimum absolute atomic E-state index is 0.0928. The lowest BCUT2D eigenvalue weighted by molar-refractivity contribution is -0.141. The third-order valence-corrected chi connectivity index (χ3v) is 4.21. The summed E-state index contributed by atoms with van der Waals surface area (Å²) in [5.41, 5.74) is 4.65. The van der Waals surface area contributed by atoms with E-state index in [4.69, 9.17) is 11.6 Å². The fourth-order valence-electron chi connectivity index (χ4n) is 2.33. The number of nitrogens with one attached hydrogen (secondary N) is 3. The van der Waals surface area contributed by atoms with Gasteiger partial charge in [0.25, 0.3) is 0 Å². The summed E-state index contributed by atoms with van der Waals surface area (Å²) in [6, 6.07) is 7.20. The van der Waals surface area contributed by atoms with E-state index in [1.165, 1.54) is 0 Å². The smallest absolute Gasteiger partial charge is 0.327 e. The van der Waals surface area contributed by atoms with Crippen LogP contribution in [0.15, 0.2) is 24.3 Å². The fourth-order valence-corrected chi connectivity index (χ4v) is 2.52. The summed E-state index contributed by atoms with van der Waals surface area (Å²) < 4.78 is 0. The predicted octanol–water partition coefficient (Wildman–Crippen LogP) is 0.798. The lowest BCUT2D eigenvalue weighted by Crippen LogP contribution is -2.51. The molecule has 1 aromatic rings. The van der Waals surface area contributed by atoms with E-state index < -0.39 is 17.2 Å². The Morgan fingerprint density at radius 3 is 2.41 bits per heavy atom. The van der Waals surface area contributed by atoms with Crippen LogP contribution in [0.4, 0.5) is 0 Å². The highest BCUT2D eigenvalue weighted by Crippen LogP contribution is 2.48. The van der Waals surface area contributed by atoms with Crippen molar-refractivity contribution in [1.82, 2.24) is 16.2 Å². The molecule has 0 spiro atoms. The summed E-state index contributed by atoms with van der Waals surface area (Å²) in [6.07, 6.45) is 3.15. The van der Waals surface area contributed by atoms with Crippen molar-refractivity contribution >= 4 is 29.3 Å². The molecule has 3 amide bonds. The van der Waals surface area contributed by atoms with Crippen molar-refractivity contribution in [3.8, 4) is 0 Å². The molecule has 0 unspecified atom stereocenters. The summed E-state index contributed by atoms with van der Waals surface area (Å²) >= 11 is 5.95. The Labute approximate surface area is 132 Å². The predicted molar refractivity (Wildman–Crippen MR) is 79.8 cm³/mol. The van der Waals surface area contributed by atoms with Gasteiger partial charge in [0.1, 0.15) is 0 Å². The van der Waals surface area contributed by atoms with Gasteiger partial charge in [-0.2, -0.15) is 0 Å². The van der Waals surface area contributed by atoms with Crippen LogP contribution in [-0.4, -0.2) is 23.8 Å². The van der Waals surface area contributed by atoms with E-state index in [1.54, 1.807) is 18.2 Å². The van der Waals surface area contributed by atoms with Crippen molar-refractivity contribution in [2.45, 2.75) is 37.1 Å². The van der Waals surface area contributed by atoms with Gasteiger partial charge in [-0.05, 0) is 43.4 Å². The molecule has 0 aliphatic heterocycles. The van der Waals surface area contributed by atoms with Crippen LogP contribution in [0.3, 0.4) is 0 Å². The van der Waals surface area contributed by atoms with Crippen LogP contribution in [0.25, 0.3) is 0 Å². The molecule has 22 heavy (non-hydrogen) atoms. The third kappa shape index (κ3) is 3.06. The first-order valence-electron chi connectivity index (χ1n) is 7.19. The van der Waals surface area contributed by atoms with Crippen LogP contribution in [0.1, 0.15) is 31.2 Å². The van der Waals surface area contributed by atoms with Crippen LogP contribution in [0.2, 0.25) is 5.02 Å². The molecular weight excluding hydrogens is 306 g/mol. The van der Waals surface area contributed by atoms with E-state index in [9.17, 15) is 14.4 Å². The second-order valence-electron chi connectivity index (χ2n) is 5.75. The number of amides is 3. The average molecular weight is 322 g/mol. The quantitative estimate of drug-likeness (QED) is 0.568. The van der Waals surface area contributed by atoms with Crippen molar-refractivity contribution in [3.63, 3.8) is 0 Å². The Morgan fingerprint density at radius 2 is 1.82 bits per heavy atom. The SMILES string of the molecule is O=C(NNC(=O)C1(c2cccc(Cl)c2)CC1)C(=O)NC1CC1. The molecule has 2 fully saturated rings. The second kappa shape index (κ2) is 5.61. The molecule has 0 aromatic heterocycles. The van der Waals surface area contributed by atoms with E-state index in [2.05, 4.69) is 16.2 Å². The maximum atomic E-state index is 12.3. The minimum Gasteiger partial charge on any atom is -0.345 e. The van der Waals surface area contributed by atoms with Crippen molar-refractivity contribution in [3.05, 3.63) is 34.9 Å². The van der Waals surface area contributed by atoms with Crippen LogP contribution in [0, 0.1) is 0 Å². The Morgan fingerprint density at radius 1 is 1.09 bits per heavy atom. The van der Waals surface area contributed by atoms with Gasteiger partial charge in [0.2, 0.25) is 5.91 Å². The summed E-state index contributed by atoms with van der Waals surface area (Å²) in [5.74, 6) is -1.92.